The number of hydrogen-bond acceptors (Lipinski definition) is 5. The van der Waals surface area contributed by atoms with Gasteiger partial charge in [-0.3, -0.25) is 4.79 Å². The summed E-state index contributed by atoms with van der Waals surface area (Å²) in [7, 11) is -7.87. The van der Waals surface area contributed by atoms with Gasteiger partial charge in [0.2, 0.25) is 0 Å². The van der Waals surface area contributed by atoms with E-state index in [1.165, 1.54) is 0 Å². The van der Waals surface area contributed by atoms with Crippen LogP contribution in [0.4, 0.5) is 71.5 Å². The van der Waals surface area contributed by atoms with Crippen molar-refractivity contribution in [3.63, 3.8) is 0 Å². The van der Waals surface area contributed by atoms with Crippen LogP contribution in [0.1, 0.15) is 20.7 Å². The number of rotatable bonds is 11. The molecule has 7 nitrogen and oxygen atoms in total. The van der Waals surface area contributed by atoms with Gasteiger partial charge in [-0.1, -0.05) is 52.5 Å². The third kappa shape index (κ3) is 7.41. The van der Waals surface area contributed by atoms with Crippen molar-refractivity contribution in [2.45, 2.75) is 41.0 Å². The number of hydrogen-bond donors (Lipinski definition) is 2. The Morgan fingerprint density at radius 3 is 1.49 bits per heavy atom. The first kappa shape index (κ1) is 45.9. The van der Waals surface area contributed by atoms with Crippen LogP contribution >= 0.6 is 46.4 Å². The minimum atomic E-state index is -8.75. The molecule has 0 heterocycles. The molecule has 0 aliphatic carbocycles. The summed E-state index contributed by atoms with van der Waals surface area (Å²) in [6.07, 6.45) is -7.87. The molecule has 0 unspecified atom stereocenters. The average molecular weight is 866 g/mol. The predicted molar refractivity (Wildman–Crippen MR) is 139 cm³/mol. The maximum atomic E-state index is 14.3. The number of aromatic carboxylic acids is 1. The van der Waals surface area contributed by atoms with E-state index in [0.717, 1.165) is 0 Å². The van der Waals surface area contributed by atoms with Crippen LogP contribution in [-0.4, -0.2) is 118 Å². The molecule has 1 amide bonds. The van der Waals surface area contributed by atoms with Gasteiger partial charge in [0.15, 0.2) is 0 Å². The summed E-state index contributed by atoms with van der Waals surface area (Å²) >= 11 is 23.0. The first-order chi connectivity index (χ1) is 21.2. The Hall–Kier alpha value is -1.12. The summed E-state index contributed by atoms with van der Waals surface area (Å²) in [6.45, 7) is 0. The van der Waals surface area contributed by atoms with Crippen molar-refractivity contribution in [1.82, 2.24) is 0 Å². The standard InChI is InChI=1S/C21H6Cl4F15NO6S.K/c22-9-7(8(14(43)44)10(23)12(25)11(9)24)13(42)41-5-2-1-3-6(4-5)47-48(45,46)21(39,40)19(34,35)17(30,31)15(26,27)16(28,29)18(32,33)20(36,37)38;/h1-4H,(H,41,42)(H,43,44);. The Balaban J connectivity index is 0.0000120. The molecule has 0 aromatic heterocycles. The third-order valence-electron chi connectivity index (χ3n) is 5.62. The molecular formula is C21H6Cl4F15KNO6S. The van der Waals surface area contributed by atoms with E-state index in [1.807, 2.05) is 0 Å². The van der Waals surface area contributed by atoms with Gasteiger partial charge >= 0.3 is 57.1 Å². The molecule has 2 aromatic carbocycles. The number of alkyl halides is 15. The summed E-state index contributed by atoms with van der Waals surface area (Å²) in [4.78, 5) is 24.4. The van der Waals surface area contributed by atoms with Gasteiger partial charge in [-0.05, 0) is 12.1 Å². The topological polar surface area (TPSA) is 110 Å². The molecule has 0 fully saturated rings. The molecule has 2 N–H and O–H groups in total. The van der Waals surface area contributed by atoms with Crippen LogP contribution in [0.15, 0.2) is 24.3 Å². The molecule has 0 atom stereocenters. The second-order valence-electron chi connectivity index (χ2n) is 8.72. The largest absolute Gasteiger partial charge is 0.478 e. The molecule has 28 heteroatoms. The van der Waals surface area contributed by atoms with Crippen molar-refractivity contribution >= 4 is 125 Å². The van der Waals surface area contributed by atoms with Gasteiger partial charge in [-0.25, -0.2) is 4.79 Å². The maximum Gasteiger partial charge on any atom is 0.460 e. The number of halogens is 19. The van der Waals surface area contributed by atoms with Gasteiger partial charge in [0.05, 0.1) is 31.2 Å². The fourth-order valence-electron chi connectivity index (χ4n) is 3.15. The van der Waals surface area contributed by atoms with E-state index < -0.39 is 106 Å². The van der Waals surface area contributed by atoms with Crippen LogP contribution < -0.4 is 9.50 Å². The smallest absolute Gasteiger partial charge is 0.460 e. The molecule has 2 rings (SSSR count). The SMILES string of the molecule is O=C(O)c1c(Cl)c(Cl)c(Cl)c(Cl)c1C(=O)Nc1cccc(OS(=O)(=O)C(F)(F)C(F)(F)C(F)(F)C(F)(F)C(F)(F)C(F)(F)C(F)(F)F)c1.[K]. The van der Waals surface area contributed by atoms with Crippen molar-refractivity contribution in [2.75, 3.05) is 5.32 Å². The van der Waals surface area contributed by atoms with E-state index in [0.29, 0.717) is 12.1 Å². The van der Waals surface area contributed by atoms with Crippen LogP contribution in [-0.2, 0) is 10.1 Å². The average Bonchev–Trinajstić information content (AvgIpc) is 2.91. The first-order valence-electron chi connectivity index (χ1n) is 11.0. The van der Waals surface area contributed by atoms with E-state index >= 15 is 0 Å². The molecule has 49 heavy (non-hydrogen) atoms. The molecule has 0 aliphatic rings. The number of carboxylic acid groups (broad SMARTS) is 1. The molecule has 0 spiro atoms. The molecule has 0 aliphatic heterocycles. The third-order valence-corrected chi connectivity index (χ3v) is 8.72. The summed E-state index contributed by atoms with van der Waals surface area (Å²) < 4.78 is 229. The van der Waals surface area contributed by atoms with Gasteiger partial charge in [-0.15, -0.1) is 0 Å². The first-order valence-corrected chi connectivity index (χ1v) is 13.9. The van der Waals surface area contributed by atoms with E-state index in [4.69, 9.17) is 46.4 Å². The van der Waals surface area contributed by atoms with Crippen molar-refractivity contribution in [3.8, 4) is 5.75 Å². The van der Waals surface area contributed by atoms with Gasteiger partial charge in [-0.2, -0.15) is 74.3 Å². The predicted octanol–water partition coefficient (Wildman–Crippen LogP) is 8.91. The summed E-state index contributed by atoms with van der Waals surface area (Å²) in [5, 5.41) is 0.145. The molecule has 1 radical (unpaired) electrons. The van der Waals surface area contributed by atoms with Crippen LogP contribution in [0, 0.1) is 0 Å². The van der Waals surface area contributed by atoms with Gasteiger partial charge in [0.1, 0.15) is 5.75 Å². The van der Waals surface area contributed by atoms with E-state index in [9.17, 15) is 89.0 Å². The van der Waals surface area contributed by atoms with Crippen LogP contribution in [0.25, 0.3) is 0 Å². The minimum Gasteiger partial charge on any atom is -0.478 e. The molecule has 0 saturated carbocycles. The van der Waals surface area contributed by atoms with Gasteiger partial charge in [0, 0.05) is 63.1 Å². The zero-order valence-electron chi connectivity index (χ0n) is 22.4. The Bertz CT molecular complexity index is 1760. The van der Waals surface area contributed by atoms with Gasteiger partial charge < -0.3 is 14.6 Å². The normalized spacial score (nSPS) is 13.9. The monoisotopic (exact) mass is 864 g/mol. The number of carbonyl (C=O) groups excluding carboxylic acids is 1. The fourth-order valence-corrected chi connectivity index (χ4v) is 5.08. The number of carbonyl (C=O) groups is 2. The second kappa shape index (κ2) is 14.4. The Morgan fingerprint density at radius 1 is 0.653 bits per heavy atom. The molecular weight excluding hydrogens is 860 g/mol. The van der Waals surface area contributed by atoms with Crippen molar-refractivity contribution in [3.05, 3.63) is 55.5 Å². The van der Waals surface area contributed by atoms with Crippen molar-refractivity contribution in [2.24, 2.45) is 0 Å². The quantitative estimate of drug-likeness (QED) is 0.0768. The summed E-state index contributed by atoms with van der Waals surface area (Å²) in [5.41, 5.74) is -3.06. The number of nitrogens with one attached hydrogen (secondary N) is 1. The Labute approximate surface area is 323 Å². The Kier molecular flexibility index (Phi) is 13.5. The molecule has 271 valence electrons. The minimum absolute atomic E-state index is 0. The number of anilines is 1. The van der Waals surface area contributed by atoms with Crippen LogP contribution in [0.2, 0.25) is 20.1 Å². The van der Waals surface area contributed by atoms with Crippen molar-refractivity contribution in [1.29, 1.82) is 0 Å². The number of carboxylic acids is 1. The van der Waals surface area contributed by atoms with E-state index in [1.54, 1.807) is 5.32 Å². The summed E-state index contributed by atoms with van der Waals surface area (Å²) in [5.74, 6) is -48.1. The van der Waals surface area contributed by atoms with E-state index in [2.05, 4.69) is 4.18 Å². The Morgan fingerprint density at radius 2 is 1.06 bits per heavy atom. The number of benzene rings is 2. The number of amides is 1. The molecule has 0 bridgehead atoms. The molecule has 2 aromatic rings. The fraction of sp³-hybridized carbons (Fsp3) is 0.333. The van der Waals surface area contributed by atoms with E-state index in [-0.39, 0.29) is 63.5 Å². The van der Waals surface area contributed by atoms with Crippen molar-refractivity contribution < 1.29 is 93.2 Å². The maximum absolute atomic E-state index is 14.3. The van der Waals surface area contributed by atoms with Crippen LogP contribution in [0.3, 0.4) is 0 Å². The van der Waals surface area contributed by atoms with Gasteiger partial charge in [0.25, 0.3) is 5.91 Å². The zero-order chi connectivity index (χ0) is 38.0. The second-order valence-corrected chi connectivity index (χ2v) is 11.8. The molecule has 0 saturated heterocycles. The summed E-state index contributed by atoms with van der Waals surface area (Å²) in [6, 6.07) is 1.43. The van der Waals surface area contributed by atoms with Crippen LogP contribution in [0.5, 0.6) is 5.75 Å². The zero-order valence-corrected chi connectivity index (χ0v) is 29.4.